The average molecular weight is 230 g/mol. The molecule has 0 aromatic carbocycles. The minimum absolute atomic E-state index is 0. The predicted molar refractivity (Wildman–Crippen MR) is 68.7 cm³/mol. The molecule has 3 atom stereocenters. The van der Waals surface area contributed by atoms with Gasteiger partial charge in [0.2, 0.25) is 0 Å². The normalized spacial score (nSPS) is 27.8. The van der Waals surface area contributed by atoms with E-state index in [1.807, 2.05) is 13.8 Å². The van der Waals surface area contributed by atoms with E-state index in [2.05, 4.69) is 0 Å². The second-order valence-corrected chi connectivity index (χ2v) is 4.65. The molecule has 0 heterocycles. The van der Waals surface area contributed by atoms with Gasteiger partial charge in [-0.15, -0.1) is 0 Å². The number of hydrogen-bond acceptors (Lipinski definition) is 2. The predicted octanol–water partition coefficient (Wildman–Crippen LogP) is 0.547. The summed E-state index contributed by atoms with van der Waals surface area (Å²) in [5, 5.41) is 18.1. The number of carboxylic acid groups (broad SMARTS) is 2. The number of hydrogen-bond donors (Lipinski definition) is 2. The van der Waals surface area contributed by atoms with Gasteiger partial charge in [-0.1, -0.05) is 20.3 Å². The van der Waals surface area contributed by atoms with Crippen molar-refractivity contribution in [3.8, 4) is 0 Å². The molecule has 17 heavy (non-hydrogen) atoms. The van der Waals surface area contributed by atoms with Crippen LogP contribution in [0.5, 0.6) is 0 Å². The molecule has 0 aromatic heterocycles. The van der Waals surface area contributed by atoms with Gasteiger partial charge in [0.1, 0.15) is 0 Å². The van der Waals surface area contributed by atoms with E-state index in [-0.39, 0.29) is 49.6 Å². The molecule has 6 heteroatoms. The van der Waals surface area contributed by atoms with E-state index in [1.165, 1.54) is 0 Å². The van der Waals surface area contributed by atoms with Crippen LogP contribution in [0.1, 0.15) is 33.1 Å². The zero-order valence-electron chi connectivity index (χ0n) is 9.14. The Balaban J connectivity index is 0. The molecule has 1 aliphatic rings. The summed E-state index contributed by atoms with van der Waals surface area (Å²) in [4.78, 5) is 22.1. The van der Waals surface area contributed by atoms with Crippen LogP contribution in [0.15, 0.2) is 0 Å². The summed E-state index contributed by atoms with van der Waals surface area (Å²) in [5.74, 6) is -3.11. The van der Waals surface area contributed by atoms with Crippen molar-refractivity contribution in [1.29, 1.82) is 0 Å². The van der Waals surface area contributed by atoms with Gasteiger partial charge in [0, 0.05) is 0 Å². The van der Waals surface area contributed by atoms with E-state index in [4.69, 9.17) is 10.2 Å². The average Bonchev–Trinajstić information content (AvgIpc) is 2.16. The van der Waals surface area contributed by atoms with Crippen LogP contribution in [0, 0.1) is 23.7 Å². The maximum absolute atomic E-state index is 11.1. The molecular weight excluding hydrogens is 210 g/mol. The quantitative estimate of drug-likeness (QED) is 0.694. The summed E-state index contributed by atoms with van der Waals surface area (Å²) < 4.78 is 0. The van der Waals surface area contributed by atoms with Crippen molar-refractivity contribution in [1.82, 2.24) is 0 Å². The van der Waals surface area contributed by atoms with Crippen LogP contribution in [-0.4, -0.2) is 59.9 Å². The van der Waals surface area contributed by atoms with Crippen LogP contribution < -0.4 is 0 Å². The standard InChI is InChI=1S/C11H18O4.2Li.2H/c1-6(2)7-4-3-5-8(10(12)13)9(7)11(14)15;;;;/h6-9H,3-5H2,1-2H3,(H,12,13)(H,14,15);;;;. The molecule has 0 aromatic rings. The Bertz CT molecular complexity index is 268. The van der Waals surface area contributed by atoms with E-state index in [1.54, 1.807) is 0 Å². The summed E-state index contributed by atoms with van der Waals surface area (Å²) in [5.41, 5.74) is 0. The third-order valence-corrected chi connectivity index (χ3v) is 3.41. The summed E-state index contributed by atoms with van der Waals surface area (Å²) in [6.45, 7) is 3.93. The molecule has 0 aliphatic heterocycles. The first-order valence-corrected chi connectivity index (χ1v) is 5.40. The van der Waals surface area contributed by atoms with Gasteiger partial charge < -0.3 is 10.2 Å². The molecule has 1 fully saturated rings. The second kappa shape index (κ2) is 8.27. The van der Waals surface area contributed by atoms with Crippen molar-refractivity contribution in [2.45, 2.75) is 33.1 Å². The zero-order chi connectivity index (χ0) is 11.6. The van der Waals surface area contributed by atoms with Crippen LogP contribution in [0.4, 0.5) is 0 Å². The van der Waals surface area contributed by atoms with E-state index in [9.17, 15) is 9.59 Å². The molecule has 0 bridgehead atoms. The van der Waals surface area contributed by atoms with Crippen molar-refractivity contribution in [3.63, 3.8) is 0 Å². The molecule has 2 N–H and O–H groups in total. The molecule has 3 unspecified atom stereocenters. The fourth-order valence-electron chi connectivity index (χ4n) is 2.61. The molecule has 90 valence electrons. The molecule has 0 spiro atoms. The molecule has 0 radical (unpaired) electrons. The molecular formula is C11H20Li2O4. The Morgan fingerprint density at radius 3 is 1.94 bits per heavy atom. The third-order valence-electron chi connectivity index (χ3n) is 3.41. The first kappa shape index (κ1) is 19.5. The van der Waals surface area contributed by atoms with Gasteiger partial charge in [-0.2, -0.15) is 0 Å². The van der Waals surface area contributed by atoms with Crippen molar-refractivity contribution in [3.05, 3.63) is 0 Å². The van der Waals surface area contributed by atoms with Crippen LogP contribution >= 0.6 is 0 Å². The SMILES string of the molecule is CC(C)C1CCCC(C(=O)O)C1C(=O)O.[LiH].[LiH]. The fourth-order valence-corrected chi connectivity index (χ4v) is 2.61. The Morgan fingerprint density at radius 2 is 1.59 bits per heavy atom. The topological polar surface area (TPSA) is 74.6 Å². The fraction of sp³-hybridized carbons (Fsp3) is 0.818. The van der Waals surface area contributed by atoms with Gasteiger partial charge in [0.15, 0.2) is 0 Å². The molecule has 4 nitrogen and oxygen atoms in total. The van der Waals surface area contributed by atoms with Gasteiger partial charge >= 0.3 is 49.7 Å². The Morgan fingerprint density at radius 1 is 1.06 bits per heavy atom. The summed E-state index contributed by atoms with van der Waals surface area (Å²) >= 11 is 0. The minimum atomic E-state index is -0.965. The zero-order valence-corrected chi connectivity index (χ0v) is 9.14. The molecule has 1 saturated carbocycles. The first-order chi connectivity index (χ1) is 6.95. The maximum atomic E-state index is 11.1. The van der Waals surface area contributed by atoms with Gasteiger partial charge in [0.25, 0.3) is 0 Å². The van der Waals surface area contributed by atoms with Crippen LogP contribution in [0.25, 0.3) is 0 Å². The van der Waals surface area contributed by atoms with Crippen molar-refractivity contribution in [2.75, 3.05) is 0 Å². The van der Waals surface area contributed by atoms with E-state index in [0.29, 0.717) is 6.42 Å². The van der Waals surface area contributed by atoms with Crippen LogP contribution in [-0.2, 0) is 9.59 Å². The summed E-state index contributed by atoms with van der Waals surface area (Å²) in [6.07, 6.45) is 2.15. The Hall–Kier alpha value is 0.135. The van der Waals surface area contributed by atoms with Crippen LogP contribution in [0.2, 0.25) is 0 Å². The van der Waals surface area contributed by atoms with Gasteiger partial charge in [-0.3, -0.25) is 9.59 Å². The number of carboxylic acids is 2. The third kappa shape index (κ3) is 4.72. The van der Waals surface area contributed by atoms with Gasteiger partial charge in [-0.05, 0) is 24.7 Å². The van der Waals surface area contributed by atoms with Crippen molar-refractivity contribution >= 4 is 49.7 Å². The van der Waals surface area contributed by atoms with Gasteiger partial charge in [0.05, 0.1) is 11.8 Å². The number of rotatable bonds is 3. The van der Waals surface area contributed by atoms with E-state index in [0.717, 1.165) is 12.8 Å². The number of carbonyl (C=O) groups is 2. The van der Waals surface area contributed by atoms with Crippen molar-refractivity contribution in [2.24, 2.45) is 23.7 Å². The van der Waals surface area contributed by atoms with E-state index < -0.39 is 23.8 Å². The molecule has 1 aliphatic carbocycles. The second-order valence-electron chi connectivity index (χ2n) is 4.65. The van der Waals surface area contributed by atoms with Crippen molar-refractivity contribution < 1.29 is 19.8 Å². The van der Waals surface area contributed by atoms with Gasteiger partial charge in [-0.25, -0.2) is 0 Å². The van der Waals surface area contributed by atoms with Crippen LogP contribution in [0.3, 0.4) is 0 Å². The van der Waals surface area contributed by atoms with E-state index >= 15 is 0 Å². The Kier molecular flexibility index (Phi) is 9.48. The summed E-state index contributed by atoms with van der Waals surface area (Å²) in [7, 11) is 0. The summed E-state index contributed by atoms with van der Waals surface area (Å²) in [6, 6.07) is 0. The molecule has 0 amide bonds. The monoisotopic (exact) mass is 230 g/mol. The molecule has 0 saturated heterocycles. The Labute approximate surface area is 126 Å². The first-order valence-electron chi connectivity index (χ1n) is 5.40. The number of aliphatic carboxylic acids is 2. The molecule has 1 rings (SSSR count).